The van der Waals surface area contributed by atoms with Crippen LogP contribution >= 0.6 is 0 Å². The summed E-state index contributed by atoms with van der Waals surface area (Å²) in [4.78, 5) is 6.23. The molecule has 17 heavy (non-hydrogen) atoms. The third-order valence-corrected chi connectivity index (χ3v) is 1.98. The van der Waals surface area contributed by atoms with E-state index in [4.69, 9.17) is 5.11 Å². The van der Waals surface area contributed by atoms with Gasteiger partial charge in [0.15, 0.2) is 0 Å². The third-order valence-electron chi connectivity index (χ3n) is 1.98. The number of nitrogens with zero attached hydrogens (tertiary/aromatic N) is 4. The molecule has 0 radical (unpaired) electrons. The van der Waals surface area contributed by atoms with Crippen molar-refractivity contribution in [2.45, 2.75) is 19.8 Å². The second-order valence-corrected chi connectivity index (χ2v) is 3.89. The average molecular weight is 240 g/mol. The Bertz CT molecular complexity index is 249. The van der Waals surface area contributed by atoms with Gasteiger partial charge in [0.25, 0.3) is 0 Å². The molecular weight excluding hydrogens is 216 g/mol. The maximum Gasteiger partial charge on any atom is 0.133 e. The number of allylic oxidation sites excluding steroid dienone is 2. The maximum absolute atomic E-state index is 9.04. The molecule has 0 rings (SSSR count). The number of rotatable bonds is 9. The lowest BCUT2D eigenvalue weighted by Crippen LogP contribution is -2.19. The number of hydrogen-bond acceptors (Lipinski definition) is 5. The topological polar surface area (TPSA) is 51.4 Å². The van der Waals surface area contributed by atoms with E-state index in [0.29, 0.717) is 6.67 Å². The minimum Gasteiger partial charge on any atom is -0.375 e. The van der Waals surface area contributed by atoms with Crippen LogP contribution in [-0.2, 0) is 0 Å². The zero-order valence-corrected chi connectivity index (χ0v) is 11.1. The molecule has 0 atom stereocenters. The molecule has 0 aromatic carbocycles. The number of unbranched alkanes of at least 4 members (excludes halogenated alkanes) is 1. The zero-order chi connectivity index (χ0) is 12.9. The molecule has 0 spiro atoms. The van der Waals surface area contributed by atoms with Gasteiger partial charge in [-0.2, -0.15) is 5.10 Å². The molecular formula is C12H24N4O. The predicted octanol–water partition coefficient (Wildman–Crippen LogP) is 1.17. The van der Waals surface area contributed by atoms with Crippen molar-refractivity contribution in [1.82, 2.24) is 9.91 Å². The van der Waals surface area contributed by atoms with Crippen LogP contribution < -0.4 is 0 Å². The number of aliphatic hydroxyl groups excluding tert-OH is 1. The Balaban J connectivity index is 3.75. The first-order valence-corrected chi connectivity index (χ1v) is 5.84. The highest BCUT2D eigenvalue weighted by molar-refractivity contribution is 5.70. The number of aliphatic imine (C=N–C) groups is 1. The quantitative estimate of drug-likeness (QED) is 0.285. The zero-order valence-electron chi connectivity index (χ0n) is 11.1. The summed E-state index contributed by atoms with van der Waals surface area (Å²) < 4.78 is 0. The number of hydrogen-bond donors (Lipinski definition) is 1. The molecule has 0 fully saturated rings. The first-order valence-electron chi connectivity index (χ1n) is 5.84. The van der Waals surface area contributed by atoms with E-state index >= 15 is 0 Å². The fourth-order valence-corrected chi connectivity index (χ4v) is 1.08. The summed E-state index contributed by atoms with van der Waals surface area (Å²) in [6.45, 7) is 3.24. The minimum atomic E-state index is -0.114. The summed E-state index contributed by atoms with van der Waals surface area (Å²) in [6, 6.07) is 0. The van der Waals surface area contributed by atoms with Crippen LogP contribution in [0.5, 0.6) is 0 Å². The summed E-state index contributed by atoms with van der Waals surface area (Å²) >= 11 is 0. The molecule has 0 heterocycles. The first kappa shape index (κ1) is 15.8. The van der Waals surface area contributed by atoms with E-state index in [-0.39, 0.29) is 6.73 Å². The van der Waals surface area contributed by atoms with Crippen molar-refractivity contribution in [3.63, 3.8) is 0 Å². The van der Waals surface area contributed by atoms with Crippen molar-refractivity contribution in [3.8, 4) is 0 Å². The second-order valence-electron chi connectivity index (χ2n) is 3.89. The molecule has 0 aromatic rings. The predicted molar refractivity (Wildman–Crippen MR) is 73.4 cm³/mol. The molecule has 5 heteroatoms. The number of aliphatic hydroxyl groups is 1. The van der Waals surface area contributed by atoms with Gasteiger partial charge in [-0.1, -0.05) is 6.08 Å². The highest BCUT2D eigenvalue weighted by Gasteiger charge is 1.94. The third kappa shape index (κ3) is 11.1. The van der Waals surface area contributed by atoms with E-state index in [1.54, 1.807) is 6.21 Å². The van der Waals surface area contributed by atoms with Crippen molar-refractivity contribution in [3.05, 3.63) is 12.2 Å². The van der Waals surface area contributed by atoms with Gasteiger partial charge in [-0.25, -0.2) is 0 Å². The largest absolute Gasteiger partial charge is 0.375 e. The Hall–Kier alpha value is -1.20. The molecule has 0 unspecified atom stereocenters. The first-order chi connectivity index (χ1) is 8.20. The van der Waals surface area contributed by atoms with Gasteiger partial charge < -0.3 is 10.0 Å². The van der Waals surface area contributed by atoms with Gasteiger partial charge >= 0.3 is 0 Å². The van der Waals surface area contributed by atoms with Crippen molar-refractivity contribution in [2.75, 3.05) is 34.0 Å². The van der Waals surface area contributed by atoms with Crippen molar-refractivity contribution in [2.24, 2.45) is 10.1 Å². The van der Waals surface area contributed by atoms with Crippen LogP contribution in [0.25, 0.3) is 0 Å². The van der Waals surface area contributed by atoms with Crippen molar-refractivity contribution >= 4 is 12.4 Å². The van der Waals surface area contributed by atoms with Crippen LogP contribution in [0.1, 0.15) is 19.8 Å². The van der Waals surface area contributed by atoms with E-state index in [0.717, 1.165) is 19.4 Å². The molecule has 0 bridgehead atoms. The van der Waals surface area contributed by atoms with Crippen LogP contribution in [0.2, 0.25) is 0 Å². The van der Waals surface area contributed by atoms with Crippen LogP contribution in [0.3, 0.4) is 0 Å². The van der Waals surface area contributed by atoms with Gasteiger partial charge in [-0.15, -0.1) is 0 Å². The van der Waals surface area contributed by atoms with E-state index in [1.807, 2.05) is 39.4 Å². The normalized spacial score (nSPS) is 12.5. The Kier molecular flexibility index (Phi) is 10.5. The summed E-state index contributed by atoms with van der Waals surface area (Å²) in [5.74, 6) is 0. The van der Waals surface area contributed by atoms with Gasteiger partial charge in [-0.05, 0) is 46.5 Å². The Morgan fingerprint density at radius 1 is 1.29 bits per heavy atom. The fraction of sp³-hybridized carbons (Fsp3) is 0.667. The lowest BCUT2D eigenvalue weighted by atomic mass is 10.3. The molecule has 0 aliphatic carbocycles. The maximum atomic E-state index is 9.04. The van der Waals surface area contributed by atoms with Crippen LogP contribution in [-0.4, -0.2) is 61.5 Å². The van der Waals surface area contributed by atoms with Crippen molar-refractivity contribution < 1.29 is 5.11 Å². The molecule has 98 valence electrons. The van der Waals surface area contributed by atoms with Gasteiger partial charge in [0, 0.05) is 12.4 Å². The standard InChI is InChI=1S/C12H24N4O/c1-4-5-8-13-11-16(12-17)14-9-6-7-10-15(2)3/h4-5,8-9,17H,6-7,10-12H2,1-3H3/b5-4-,13-8?,14-9-. The summed E-state index contributed by atoms with van der Waals surface area (Å²) in [7, 11) is 4.10. The lowest BCUT2D eigenvalue weighted by molar-refractivity contribution is 0.115. The van der Waals surface area contributed by atoms with E-state index in [9.17, 15) is 0 Å². The van der Waals surface area contributed by atoms with Crippen LogP contribution in [0, 0.1) is 0 Å². The van der Waals surface area contributed by atoms with E-state index < -0.39 is 0 Å². The Morgan fingerprint density at radius 2 is 2.06 bits per heavy atom. The number of hydrazone groups is 1. The van der Waals surface area contributed by atoms with Gasteiger partial charge in [0.1, 0.15) is 13.4 Å². The highest BCUT2D eigenvalue weighted by atomic mass is 16.3. The summed E-state index contributed by atoms with van der Waals surface area (Å²) in [5.41, 5.74) is 0. The molecule has 0 aromatic heterocycles. The second kappa shape index (κ2) is 11.3. The summed E-state index contributed by atoms with van der Waals surface area (Å²) in [6.07, 6.45) is 9.24. The molecule has 1 N–H and O–H groups in total. The molecule has 0 saturated heterocycles. The Morgan fingerprint density at radius 3 is 2.65 bits per heavy atom. The summed E-state index contributed by atoms with van der Waals surface area (Å²) in [5, 5.41) is 14.7. The van der Waals surface area contributed by atoms with Crippen LogP contribution in [0.15, 0.2) is 22.2 Å². The molecule has 0 saturated carbocycles. The van der Waals surface area contributed by atoms with Gasteiger partial charge in [-0.3, -0.25) is 10.0 Å². The fourth-order valence-electron chi connectivity index (χ4n) is 1.08. The average Bonchev–Trinajstić information content (AvgIpc) is 2.31. The lowest BCUT2D eigenvalue weighted by Gasteiger charge is -2.12. The minimum absolute atomic E-state index is 0.114. The molecule has 0 aliphatic rings. The Labute approximate surface area is 104 Å². The van der Waals surface area contributed by atoms with E-state index in [2.05, 4.69) is 15.0 Å². The van der Waals surface area contributed by atoms with E-state index in [1.165, 1.54) is 5.01 Å². The molecule has 5 nitrogen and oxygen atoms in total. The SMILES string of the molecule is C/C=C\C=NCN(CO)/N=C\CCCN(C)C. The van der Waals surface area contributed by atoms with Crippen molar-refractivity contribution in [1.29, 1.82) is 0 Å². The molecule has 0 amide bonds. The highest BCUT2D eigenvalue weighted by Crippen LogP contribution is 1.91. The van der Waals surface area contributed by atoms with Gasteiger partial charge in [0.05, 0.1) is 0 Å². The van der Waals surface area contributed by atoms with Crippen LogP contribution in [0.4, 0.5) is 0 Å². The monoisotopic (exact) mass is 240 g/mol. The van der Waals surface area contributed by atoms with Gasteiger partial charge in [0.2, 0.25) is 0 Å². The smallest absolute Gasteiger partial charge is 0.133 e. The molecule has 0 aliphatic heterocycles.